The second-order valence-corrected chi connectivity index (χ2v) is 8.50. The van der Waals surface area contributed by atoms with E-state index >= 15 is 0 Å². The molecule has 33 heavy (non-hydrogen) atoms. The Labute approximate surface area is 192 Å². The summed E-state index contributed by atoms with van der Waals surface area (Å²) in [6, 6.07) is 9.54. The average molecular weight is 498 g/mol. The zero-order valence-electron chi connectivity index (χ0n) is 16.3. The topological polar surface area (TPSA) is 112 Å². The van der Waals surface area contributed by atoms with Crippen LogP contribution < -0.4 is 24.8 Å². The molecule has 1 aliphatic rings. The Morgan fingerprint density at radius 1 is 1.06 bits per heavy atom. The molecule has 2 heterocycles. The summed E-state index contributed by atoms with van der Waals surface area (Å²) in [5.41, 5.74) is 0.666. The highest BCUT2D eigenvalue weighted by Crippen LogP contribution is 2.33. The van der Waals surface area contributed by atoms with E-state index in [-0.39, 0.29) is 23.4 Å². The summed E-state index contributed by atoms with van der Waals surface area (Å²) in [5, 5.41) is 13.2. The molecule has 0 radical (unpaired) electrons. The number of ether oxygens (including phenoxy) is 3. The van der Waals surface area contributed by atoms with Crippen LogP contribution in [0.4, 0.5) is 24.0 Å². The lowest BCUT2D eigenvalue weighted by Gasteiger charge is -2.09. The zero-order valence-corrected chi connectivity index (χ0v) is 18.0. The summed E-state index contributed by atoms with van der Waals surface area (Å²) in [4.78, 5) is 24.5. The van der Waals surface area contributed by atoms with Gasteiger partial charge >= 0.3 is 6.36 Å². The maximum absolute atomic E-state index is 12.4. The molecule has 172 valence electrons. The van der Waals surface area contributed by atoms with Crippen molar-refractivity contribution in [3.63, 3.8) is 0 Å². The Kier molecular flexibility index (Phi) is 6.55. The minimum atomic E-state index is -4.79. The van der Waals surface area contributed by atoms with Crippen molar-refractivity contribution in [3.05, 3.63) is 48.0 Å². The molecule has 0 saturated heterocycles. The van der Waals surface area contributed by atoms with E-state index in [1.807, 2.05) is 0 Å². The lowest BCUT2D eigenvalue weighted by atomic mass is 10.2. The number of nitrogens with one attached hydrogen (secondary N) is 2. The van der Waals surface area contributed by atoms with Crippen molar-refractivity contribution >= 4 is 45.7 Å². The van der Waals surface area contributed by atoms with Crippen LogP contribution in [0.1, 0.15) is 10.4 Å². The van der Waals surface area contributed by atoms with E-state index in [2.05, 4.69) is 25.6 Å². The van der Waals surface area contributed by atoms with E-state index in [0.717, 1.165) is 35.2 Å². The number of rotatable bonds is 7. The fourth-order valence-corrected chi connectivity index (χ4v) is 4.14. The van der Waals surface area contributed by atoms with Crippen LogP contribution in [0.3, 0.4) is 0 Å². The van der Waals surface area contributed by atoms with Crippen molar-refractivity contribution in [1.82, 2.24) is 10.2 Å². The standard InChI is InChI=1S/C19H13F3N4O5S2/c20-19(21,22)31-12-4-2-11(3-5-12)23-15(27)8-32-18-26-25-17(33-18)24-16(28)10-1-6-13-14(7-10)30-9-29-13/h1-7H,8-9H2,(H,23,27)(H,24,25,28). The predicted octanol–water partition coefficient (Wildman–Crippen LogP) is 4.15. The normalized spacial score (nSPS) is 12.3. The number of fused-ring (bicyclic) bond motifs is 1. The second-order valence-electron chi connectivity index (χ2n) is 6.30. The minimum absolute atomic E-state index is 0.0223. The molecule has 1 aliphatic heterocycles. The highest BCUT2D eigenvalue weighted by molar-refractivity contribution is 8.01. The Morgan fingerprint density at radius 3 is 2.58 bits per heavy atom. The van der Waals surface area contributed by atoms with Gasteiger partial charge in [-0.1, -0.05) is 23.1 Å². The maximum atomic E-state index is 12.4. The molecule has 2 N–H and O–H groups in total. The molecule has 0 aliphatic carbocycles. The molecule has 0 atom stereocenters. The largest absolute Gasteiger partial charge is 0.573 e. The molecular weight excluding hydrogens is 485 g/mol. The Morgan fingerprint density at radius 2 is 1.82 bits per heavy atom. The number of carbonyl (C=O) groups is 2. The molecule has 1 aromatic heterocycles. The predicted molar refractivity (Wildman–Crippen MR) is 113 cm³/mol. The van der Waals surface area contributed by atoms with Crippen LogP contribution in [0.2, 0.25) is 0 Å². The third kappa shape index (κ3) is 6.26. The zero-order chi connectivity index (χ0) is 23.4. The number of anilines is 2. The van der Waals surface area contributed by atoms with Gasteiger partial charge in [-0.2, -0.15) is 0 Å². The van der Waals surface area contributed by atoms with Crippen molar-refractivity contribution in [3.8, 4) is 17.2 Å². The molecule has 0 bridgehead atoms. The molecule has 0 saturated carbocycles. The molecular formula is C19H13F3N4O5S2. The van der Waals surface area contributed by atoms with Crippen molar-refractivity contribution < 1.29 is 37.0 Å². The Hall–Kier alpha value is -3.52. The summed E-state index contributed by atoms with van der Waals surface area (Å²) in [7, 11) is 0. The van der Waals surface area contributed by atoms with E-state index < -0.39 is 18.2 Å². The van der Waals surface area contributed by atoms with Gasteiger partial charge in [-0.15, -0.1) is 23.4 Å². The van der Waals surface area contributed by atoms with Crippen molar-refractivity contribution in [2.75, 3.05) is 23.2 Å². The van der Waals surface area contributed by atoms with E-state index in [0.29, 0.717) is 27.1 Å². The van der Waals surface area contributed by atoms with E-state index in [4.69, 9.17) is 9.47 Å². The van der Waals surface area contributed by atoms with Gasteiger partial charge in [0.15, 0.2) is 15.8 Å². The molecule has 9 nitrogen and oxygen atoms in total. The van der Waals surface area contributed by atoms with Crippen LogP contribution >= 0.6 is 23.1 Å². The summed E-state index contributed by atoms with van der Waals surface area (Å²) in [5.74, 6) is -0.179. The van der Waals surface area contributed by atoms with Gasteiger partial charge in [0.25, 0.3) is 5.91 Å². The van der Waals surface area contributed by atoms with Gasteiger partial charge in [-0.3, -0.25) is 14.9 Å². The fraction of sp³-hybridized carbons (Fsp3) is 0.158. The van der Waals surface area contributed by atoms with Crippen LogP contribution in [0.5, 0.6) is 17.2 Å². The number of aromatic nitrogens is 2. The molecule has 0 fully saturated rings. The number of hydrogen-bond acceptors (Lipinski definition) is 9. The Bertz CT molecular complexity index is 1170. The number of alkyl halides is 3. The van der Waals surface area contributed by atoms with Crippen molar-refractivity contribution in [1.29, 1.82) is 0 Å². The quantitative estimate of drug-likeness (QED) is 0.369. The lowest BCUT2D eigenvalue weighted by Crippen LogP contribution is -2.17. The number of carbonyl (C=O) groups excluding carboxylic acids is 2. The third-order valence-corrected chi connectivity index (χ3v) is 5.93. The van der Waals surface area contributed by atoms with Gasteiger partial charge in [0.2, 0.25) is 17.8 Å². The summed E-state index contributed by atoms with van der Waals surface area (Å²) in [6.45, 7) is 0.1000. The van der Waals surface area contributed by atoms with Gasteiger partial charge in [0.05, 0.1) is 5.75 Å². The van der Waals surface area contributed by atoms with Crippen molar-refractivity contribution in [2.24, 2.45) is 0 Å². The molecule has 0 spiro atoms. The molecule has 2 amide bonds. The van der Waals surface area contributed by atoms with E-state index in [9.17, 15) is 22.8 Å². The lowest BCUT2D eigenvalue weighted by molar-refractivity contribution is -0.274. The van der Waals surface area contributed by atoms with Crippen molar-refractivity contribution in [2.45, 2.75) is 10.7 Å². The van der Waals surface area contributed by atoms with Crippen LogP contribution in [-0.2, 0) is 4.79 Å². The SMILES string of the molecule is O=C(CSc1nnc(NC(=O)c2ccc3c(c2)OCO3)s1)Nc1ccc(OC(F)(F)F)cc1. The number of nitrogens with zero attached hydrogens (tertiary/aromatic N) is 2. The second kappa shape index (κ2) is 9.54. The van der Waals surface area contributed by atoms with Crippen LogP contribution in [0.25, 0.3) is 0 Å². The number of hydrogen-bond donors (Lipinski definition) is 2. The van der Waals surface area contributed by atoms with Crippen LogP contribution in [0, 0.1) is 0 Å². The molecule has 3 aromatic rings. The number of amides is 2. The van der Waals surface area contributed by atoms with Gasteiger partial charge in [-0.25, -0.2) is 0 Å². The third-order valence-electron chi connectivity index (χ3n) is 3.96. The molecule has 14 heteroatoms. The first-order chi connectivity index (χ1) is 15.7. The first kappa shape index (κ1) is 22.7. The van der Waals surface area contributed by atoms with Gasteiger partial charge in [0, 0.05) is 11.3 Å². The molecule has 0 unspecified atom stereocenters. The molecule has 4 rings (SSSR count). The molecule has 2 aromatic carbocycles. The summed E-state index contributed by atoms with van der Waals surface area (Å²) >= 11 is 2.18. The highest BCUT2D eigenvalue weighted by atomic mass is 32.2. The summed E-state index contributed by atoms with van der Waals surface area (Å²) < 4.78 is 51.2. The average Bonchev–Trinajstić information content (AvgIpc) is 3.41. The summed E-state index contributed by atoms with van der Waals surface area (Å²) in [6.07, 6.45) is -4.79. The first-order valence-corrected chi connectivity index (χ1v) is 10.9. The number of halogens is 3. The monoisotopic (exact) mass is 498 g/mol. The van der Waals surface area contributed by atoms with Gasteiger partial charge < -0.3 is 19.5 Å². The highest BCUT2D eigenvalue weighted by Gasteiger charge is 2.31. The fourth-order valence-electron chi connectivity index (χ4n) is 2.59. The van der Waals surface area contributed by atoms with Crippen LogP contribution in [0.15, 0.2) is 46.8 Å². The van der Waals surface area contributed by atoms with Gasteiger partial charge in [0.1, 0.15) is 5.75 Å². The van der Waals surface area contributed by atoms with E-state index in [1.165, 1.54) is 12.1 Å². The van der Waals surface area contributed by atoms with Crippen LogP contribution in [-0.4, -0.2) is 40.9 Å². The smallest absolute Gasteiger partial charge is 0.454 e. The Balaban J connectivity index is 1.25. The first-order valence-electron chi connectivity index (χ1n) is 9.08. The maximum Gasteiger partial charge on any atom is 0.573 e. The van der Waals surface area contributed by atoms with E-state index in [1.54, 1.807) is 18.2 Å². The number of thioether (sulfide) groups is 1. The number of benzene rings is 2. The minimum Gasteiger partial charge on any atom is -0.454 e. The van der Waals surface area contributed by atoms with Gasteiger partial charge in [-0.05, 0) is 42.5 Å².